The van der Waals surface area contributed by atoms with Crippen molar-refractivity contribution in [2.24, 2.45) is 0 Å². The number of rotatable bonds is 5. The number of benzene rings is 1. The third kappa shape index (κ3) is 5.58. The fraction of sp³-hybridized carbons (Fsp3) is 0.350. The molecule has 0 radical (unpaired) electrons. The highest BCUT2D eigenvalue weighted by atomic mass is 35.5. The molecule has 0 N–H and O–H groups in total. The van der Waals surface area contributed by atoms with E-state index in [1.54, 1.807) is 18.5 Å². The van der Waals surface area contributed by atoms with E-state index in [9.17, 15) is 13.2 Å². The topological polar surface area (TPSA) is 16.1 Å². The van der Waals surface area contributed by atoms with E-state index in [2.05, 4.69) is 16.0 Å². The number of halogens is 4. The lowest BCUT2D eigenvalue weighted by Gasteiger charge is -2.26. The molecule has 1 aliphatic heterocycles. The molecule has 0 amide bonds. The third-order valence-electron chi connectivity index (χ3n) is 4.54. The van der Waals surface area contributed by atoms with Crippen molar-refractivity contribution in [3.8, 4) is 0 Å². The fourth-order valence-corrected chi connectivity index (χ4v) is 3.13. The lowest BCUT2D eigenvalue weighted by atomic mass is 9.97. The predicted molar refractivity (Wildman–Crippen MR) is 100 cm³/mol. The Morgan fingerprint density at radius 2 is 1.85 bits per heavy atom. The van der Waals surface area contributed by atoms with Crippen molar-refractivity contribution in [2.75, 3.05) is 19.6 Å². The van der Waals surface area contributed by atoms with E-state index in [0.717, 1.165) is 50.5 Å². The minimum absolute atomic E-state index is 0. The second kappa shape index (κ2) is 9.19. The van der Waals surface area contributed by atoms with E-state index >= 15 is 0 Å². The number of hydrogen-bond acceptors (Lipinski definition) is 2. The van der Waals surface area contributed by atoms with Gasteiger partial charge in [-0.25, -0.2) is 0 Å². The van der Waals surface area contributed by atoms with Gasteiger partial charge in [0, 0.05) is 25.5 Å². The van der Waals surface area contributed by atoms with Crippen molar-refractivity contribution in [3.05, 3.63) is 71.6 Å². The number of hydrogen-bond donors (Lipinski definition) is 0. The van der Waals surface area contributed by atoms with E-state index in [4.69, 9.17) is 0 Å². The van der Waals surface area contributed by atoms with Gasteiger partial charge in [-0.3, -0.25) is 9.88 Å². The smallest absolute Gasteiger partial charge is 0.299 e. The average molecular weight is 383 g/mol. The van der Waals surface area contributed by atoms with Gasteiger partial charge in [0.05, 0.1) is 5.56 Å². The number of nitrogens with zero attached hydrogens (tertiary/aromatic N) is 2. The molecule has 1 aromatic carbocycles. The van der Waals surface area contributed by atoms with Gasteiger partial charge in [0.1, 0.15) is 0 Å². The van der Waals surface area contributed by atoms with Gasteiger partial charge in [0.25, 0.3) is 0 Å². The van der Waals surface area contributed by atoms with Gasteiger partial charge >= 0.3 is 6.18 Å². The van der Waals surface area contributed by atoms with Gasteiger partial charge in [-0.15, -0.1) is 12.4 Å². The van der Waals surface area contributed by atoms with Crippen LogP contribution in [0.4, 0.5) is 13.2 Å². The maximum absolute atomic E-state index is 12.8. The van der Waals surface area contributed by atoms with E-state index in [-0.39, 0.29) is 12.4 Å². The first-order valence-corrected chi connectivity index (χ1v) is 8.50. The second-order valence-corrected chi connectivity index (χ2v) is 6.32. The highest BCUT2D eigenvalue weighted by molar-refractivity contribution is 5.85. The summed E-state index contributed by atoms with van der Waals surface area (Å²) in [7, 11) is 0. The summed E-state index contributed by atoms with van der Waals surface area (Å²) < 4.78 is 38.5. The number of aromatic nitrogens is 1. The van der Waals surface area contributed by atoms with Crippen LogP contribution >= 0.6 is 12.4 Å². The molecule has 6 heteroatoms. The zero-order valence-electron chi connectivity index (χ0n) is 14.4. The Kier molecular flexibility index (Phi) is 7.23. The molecule has 0 saturated carbocycles. The van der Waals surface area contributed by atoms with Crippen molar-refractivity contribution in [1.82, 2.24) is 9.88 Å². The zero-order valence-corrected chi connectivity index (χ0v) is 15.2. The van der Waals surface area contributed by atoms with Crippen molar-refractivity contribution >= 4 is 18.0 Å². The van der Waals surface area contributed by atoms with Crippen LogP contribution in [0.3, 0.4) is 0 Å². The minimum Gasteiger partial charge on any atom is -0.299 e. The lowest BCUT2D eigenvalue weighted by molar-refractivity contribution is -0.137. The largest absolute Gasteiger partial charge is 0.416 e. The summed E-state index contributed by atoms with van der Waals surface area (Å²) in [4.78, 5) is 6.36. The van der Waals surface area contributed by atoms with Crippen LogP contribution in [0.1, 0.15) is 29.5 Å². The van der Waals surface area contributed by atoms with E-state index in [1.807, 2.05) is 12.1 Å². The first-order chi connectivity index (χ1) is 12.0. The first-order valence-electron chi connectivity index (χ1n) is 8.50. The Bertz CT molecular complexity index is 729. The summed E-state index contributed by atoms with van der Waals surface area (Å²) in [6.45, 7) is 2.68. The van der Waals surface area contributed by atoms with Gasteiger partial charge in [-0.05, 0) is 66.8 Å². The minimum atomic E-state index is -4.29. The maximum Gasteiger partial charge on any atom is 0.416 e. The summed E-state index contributed by atoms with van der Waals surface area (Å²) >= 11 is 0. The normalized spacial score (nSPS) is 15.3. The molecule has 0 spiro atoms. The maximum atomic E-state index is 12.8. The summed E-state index contributed by atoms with van der Waals surface area (Å²) in [5.74, 6) is 0. The van der Waals surface area contributed by atoms with Crippen molar-refractivity contribution in [2.45, 2.75) is 25.4 Å². The molecule has 0 unspecified atom stereocenters. The van der Waals surface area contributed by atoms with Crippen LogP contribution in [-0.2, 0) is 12.6 Å². The van der Waals surface area contributed by atoms with Gasteiger partial charge in [-0.1, -0.05) is 18.2 Å². The summed E-state index contributed by atoms with van der Waals surface area (Å²) in [5.41, 5.74) is 2.40. The molecule has 2 nitrogen and oxygen atoms in total. The van der Waals surface area contributed by atoms with Gasteiger partial charge in [0.15, 0.2) is 0 Å². The molecule has 0 atom stereocenters. The zero-order chi connectivity index (χ0) is 17.7. The van der Waals surface area contributed by atoms with E-state index in [0.29, 0.717) is 5.56 Å². The molecule has 3 rings (SSSR count). The fourth-order valence-electron chi connectivity index (χ4n) is 3.13. The molecular weight excluding hydrogens is 361 g/mol. The van der Waals surface area contributed by atoms with E-state index in [1.165, 1.54) is 17.7 Å². The Labute approximate surface area is 158 Å². The van der Waals surface area contributed by atoms with Crippen molar-refractivity contribution in [1.29, 1.82) is 0 Å². The molecular formula is C20H22ClF3N2. The van der Waals surface area contributed by atoms with Crippen molar-refractivity contribution in [3.63, 3.8) is 0 Å². The van der Waals surface area contributed by atoms with Crippen LogP contribution in [0.5, 0.6) is 0 Å². The Hall–Kier alpha value is -1.85. The quantitative estimate of drug-likeness (QED) is 0.702. The average Bonchev–Trinajstić information content (AvgIpc) is 2.63. The van der Waals surface area contributed by atoms with Crippen molar-refractivity contribution < 1.29 is 13.2 Å². The number of alkyl halides is 3. The highest BCUT2D eigenvalue weighted by Gasteiger charge is 2.30. The van der Waals surface area contributed by atoms with Crippen LogP contribution < -0.4 is 0 Å². The molecule has 0 saturated heterocycles. The SMILES string of the molecule is Cl.FC(F)(F)c1cccc(C2=CCN(CCCc3ccncc3)CC2)c1. The molecule has 0 aliphatic carbocycles. The summed E-state index contributed by atoms with van der Waals surface area (Å²) in [5, 5.41) is 0. The first kappa shape index (κ1) is 20.5. The monoisotopic (exact) mass is 382 g/mol. The van der Waals surface area contributed by atoms with E-state index < -0.39 is 11.7 Å². The predicted octanol–water partition coefficient (Wildman–Crippen LogP) is 5.24. The molecule has 1 aromatic heterocycles. The van der Waals surface area contributed by atoms with Gasteiger partial charge in [0.2, 0.25) is 0 Å². The summed E-state index contributed by atoms with van der Waals surface area (Å²) in [6.07, 6.45) is 4.26. The summed E-state index contributed by atoms with van der Waals surface area (Å²) in [6, 6.07) is 9.69. The van der Waals surface area contributed by atoms with Crippen LogP contribution in [0, 0.1) is 0 Å². The van der Waals surface area contributed by atoms with Crippen LogP contribution in [0.2, 0.25) is 0 Å². The number of aryl methyl sites for hydroxylation is 1. The molecule has 1 aliphatic rings. The number of pyridine rings is 1. The Morgan fingerprint density at radius 3 is 2.50 bits per heavy atom. The highest BCUT2D eigenvalue weighted by Crippen LogP contribution is 2.32. The van der Waals surface area contributed by atoms with Crippen LogP contribution in [-0.4, -0.2) is 29.5 Å². The molecule has 0 bridgehead atoms. The Balaban J connectivity index is 0.00000243. The van der Waals surface area contributed by atoms with Gasteiger partial charge in [-0.2, -0.15) is 13.2 Å². The third-order valence-corrected chi connectivity index (χ3v) is 4.54. The molecule has 26 heavy (non-hydrogen) atoms. The van der Waals surface area contributed by atoms with Gasteiger partial charge < -0.3 is 0 Å². The lowest BCUT2D eigenvalue weighted by Crippen LogP contribution is -2.29. The Morgan fingerprint density at radius 1 is 1.08 bits per heavy atom. The molecule has 2 aromatic rings. The van der Waals surface area contributed by atoms with Crippen LogP contribution in [0.25, 0.3) is 5.57 Å². The molecule has 0 fully saturated rings. The molecule has 140 valence electrons. The molecule has 2 heterocycles. The standard InChI is InChI=1S/C20H21F3N2.ClH/c21-20(22,23)19-5-1-4-18(15-19)17-8-13-25(14-9-17)12-2-3-16-6-10-24-11-7-16;/h1,4-8,10-11,15H,2-3,9,12-14H2;1H. The second-order valence-electron chi connectivity index (χ2n) is 6.32. The van der Waals surface area contributed by atoms with Crippen LogP contribution in [0.15, 0.2) is 54.9 Å².